The van der Waals surface area contributed by atoms with Gasteiger partial charge < -0.3 is 11.1 Å². The molecule has 96 valence electrons. The largest absolute Gasteiger partial charge is 0.320 e. The zero-order valence-electron chi connectivity index (χ0n) is 10.5. The van der Waals surface area contributed by atoms with E-state index in [-0.39, 0.29) is 5.91 Å². The number of benzene rings is 1. The summed E-state index contributed by atoms with van der Waals surface area (Å²) in [5.41, 5.74) is 8.31. The fourth-order valence-corrected chi connectivity index (χ4v) is 1.61. The highest BCUT2D eigenvalue weighted by Crippen LogP contribution is 2.16. The van der Waals surface area contributed by atoms with Gasteiger partial charge in [-0.1, -0.05) is 11.8 Å². The van der Waals surface area contributed by atoms with Crippen molar-refractivity contribution in [3.8, 4) is 11.8 Å². The number of H-pyrrole nitrogens is 1. The lowest BCUT2D eigenvalue weighted by atomic mass is 10.1. The third kappa shape index (κ3) is 3.21. The van der Waals surface area contributed by atoms with Crippen LogP contribution in [0, 0.1) is 18.8 Å². The normalized spacial score (nSPS) is 9.58. The van der Waals surface area contributed by atoms with Crippen LogP contribution in [0.3, 0.4) is 0 Å². The Bertz CT molecular complexity index is 635. The van der Waals surface area contributed by atoms with Crippen molar-refractivity contribution in [2.45, 2.75) is 6.92 Å². The molecule has 0 spiro atoms. The SMILES string of the molecule is Cc1cc(C#CCN)ccc1NC(=O)c1ccn[nH]1. The lowest BCUT2D eigenvalue weighted by Gasteiger charge is -2.07. The van der Waals surface area contributed by atoms with E-state index in [1.807, 2.05) is 25.1 Å². The number of hydrogen-bond acceptors (Lipinski definition) is 3. The smallest absolute Gasteiger partial charge is 0.273 e. The lowest BCUT2D eigenvalue weighted by Crippen LogP contribution is -2.13. The zero-order valence-corrected chi connectivity index (χ0v) is 10.5. The number of nitrogens with two attached hydrogens (primary N) is 1. The monoisotopic (exact) mass is 254 g/mol. The van der Waals surface area contributed by atoms with Crippen molar-refractivity contribution >= 4 is 11.6 Å². The van der Waals surface area contributed by atoms with Crippen LogP contribution in [0.15, 0.2) is 30.5 Å². The molecule has 0 saturated carbocycles. The Morgan fingerprint density at radius 1 is 1.47 bits per heavy atom. The van der Waals surface area contributed by atoms with E-state index in [9.17, 15) is 4.79 Å². The van der Waals surface area contributed by atoms with Gasteiger partial charge in [0.15, 0.2) is 0 Å². The maximum absolute atomic E-state index is 11.9. The number of hydrogen-bond donors (Lipinski definition) is 3. The van der Waals surface area contributed by atoms with Gasteiger partial charge in [-0.15, -0.1) is 0 Å². The van der Waals surface area contributed by atoms with Gasteiger partial charge in [-0.2, -0.15) is 5.10 Å². The minimum atomic E-state index is -0.221. The summed E-state index contributed by atoms with van der Waals surface area (Å²) in [6.07, 6.45) is 1.53. The van der Waals surface area contributed by atoms with E-state index < -0.39 is 0 Å². The molecule has 0 atom stereocenters. The molecule has 2 rings (SSSR count). The topological polar surface area (TPSA) is 83.8 Å². The fourth-order valence-electron chi connectivity index (χ4n) is 1.61. The molecule has 0 radical (unpaired) electrons. The number of carbonyl (C=O) groups is 1. The van der Waals surface area contributed by atoms with Gasteiger partial charge in [0.2, 0.25) is 0 Å². The average molecular weight is 254 g/mol. The highest BCUT2D eigenvalue weighted by Gasteiger charge is 2.08. The molecule has 0 aliphatic heterocycles. The first-order chi connectivity index (χ1) is 9.20. The van der Waals surface area contributed by atoms with Crippen molar-refractivity contribution in [2.24, 2.45) is 5.73 Å². The average Bonchev–Trinajstić information content (AvgIpc) is 2.93. The summed E-state index contributed by atoms with van der Waals surface area (Å²) < 4.78 is 0. The Labute approximate surface area is 111 Å². The van der Waals surface area contributed by atoms with Crippen LogP contribution < -0.4 is 11.1 Å². The number of nitrogens with one attached hydrogen (secondary N) is 2. The molecule has 0 fully saturated rings. The van der Waals surface area contributed by atoms with Crippen LogP contribution in [0.4, 0.5) is 5.69 Å². The van der Waals surface area contributed by atoms with Gasteiger partial charge in [0.1, 0.15) is 5.69 Å². The molecule has 0 unspecified atom stereocenters. The number of nitrogens with zero attached hydrogens (tertiary/aromatic N) is 1. The number of aryl methyl sites for hydroxylation is 1. The first-order valence-electron chi connectivity index (χ1n) is 5.81. The second-order valence-corrected chi connectivity index (χ2v) is 3.96. The Morgan fingerprint density at radius 2 is 2.32 bits per heavy atom. The summed E-state index contributed by atoms with van der Waals surface area (Å²) in [6.45, 7) is 2.24. The third-order valence-corrected chi connectivity index (χ3v) is 2.55. The van der Waals surface area contributed by atoms with E-state index in [2.05, 4.69) is 27.4 Å². The number of amides is 1. The molecule has 0 bridgehead atoms. The van der Waals surface area contributed by atoms with Crippen molar-refractivity contribution in [3.63, 3.8) is 0 Å². The first kappa shape index (κ1) is 12.9. The van der Waals surface area contributed by atoms with E-state index in [0.29, 0.717) is 12.2 Å². The molecule has 1 aromatic carbocycles. The molecule has 2 aromatic rings. The maximum Gasteiger partial charge on any atom is 0.273 e. The van der Waals surface area contributed by atoms with Crippen LogP contribution in [0.5, 0.6) is 0 Å². The fraction of sp³-hybridized carbons (Fsp3) is 0.143. The maximum atomic E-state index is 11.9. The molecular weight excluding hydrogens is 240 g/mol. The van der Waals surface area contributed by atoms with Gasteiger partial charge in [0.05, 0.1) is 6.54 Å². The molecule has 0 aliphatic carbocycles. The molecule has 1 heterocycles. The molecule has 19 heavy (non-hydrogen) atoms. The zero-order chi connectivity index (χ0) is 13.7. The molecule has 1 aromatic heterocycles. The second kappa shape index (κ2) is 5.85. The second-order valence-electron chi connectivity index (χ2n) is 3.96. The van der Waals surface area contributed by atoms with Crippen molar-refractivity contribution in [3.05, 3.63) is 47.3 Å². The van der Waals surface area contributed by atoms with Crippen LogP contribution >= 0.6 is 0 Å². The van der Waals surface area contributed by atoms with Crippen LogP contribution in [0.2, 0.25) is 0 Å². The molecular formula is C14H14N4O. The van der Waals surface area contributed by atoms with Gasteiger partial charge in [-0.25, -0.2) is 0 Å². The highest BCUT2D eigenvalue weighted by atomic mass is 16.1. The quantitative estimate of drug-likeness (QED) is 0.706. The number of aromatic amines is 1. The summed E-state index contributed by atoms with van der Waals surface area (Å²) in [7, 11) is 0. The van der Waals surface area contributed by atoms with Gasteiger partial charge in [0, 0.05) is 17.4 Å². The summed E-state index contributed by atoms with van der Waals surface area (Å²) in [4.78, 5) is 11.9. The van der Waals surface area contributed by atoms with Crippen LogP contribution in [-0.4, -0.2) is 22.6 Å². The van der Waals surface area contributed by atoms with Crippen molar-refractivity contribution < 1.29 is 4.79 Å². The molecule has 0 saturated heterocycles. The number of aromatic nitrogens is 2. The van der Waals surface area contributed by atoms with E-state index in [0.717, 1.165) is 16.8 Å². The third-order valence-electron chi connectivity index (χ3n) is 2.55. The van der Waals surface area contributed by atoms with Gasteiger partial charge in [-0.3, -0.25) is 9.89 Å². The standard InChI is InChI=1S/C14H14N4O/c1-10-9-11(3-2-7-15)4-5-12(10)17-14(19)13-6-8-16-18-13/h4-6,8-9H,7,15H2,1H3,(H,16,18)(H,17,19). The number of rotatable bonds is 2. The summed E-state index contributed by atoms with van der Waals surface area (Å²) in [6, 6.07) is 7.19. The Kier molecular flexibility index (Phi) is 3.96. The van der Waals surface area contributed by atoms with Crippen LogP contribution in [0.25, 0.3) is 0 Å². The minimum absolute atomic E-state index is 0.221. The van der Waals surface area contributed by atoms with Crippen LogP contribution in [-0.2, 0) is 0 Å². The van der Waals surface area contributed by atoms with E-state index in [1.54, 1.807) is 6.07 Å². The minimum Gasteiger partial charge on any atom is -0.320 e. The molecule has 1 amide bonds. The van der Waals surface area contributed by atoms with Gasteiger partial charge >= 0.3 is 0 Å². The number of carbonyl (C=O) groups excluding carboxylic acids is 1. The number of anilines is 1. The van der Waals surface area contributed by atoms with E-state index in [4.69, 9.17) is 5.73 Å². The molecule has 0 aliphatic rings. The van der Waals surface area contributed by atoms with Gasteiger partial charge in [0.25, 0.3) is 5.91 Å². The first-order valence-corrected chi connectivity index (χ1v) is 5.81. The molecule has 4 N–H and O–H groups in total. The van der Waals surface area contributed by atoms with E-state index in [1.165, 1.54) is 6.20 Å². The predicted molar refractivity (Wildman–Crippen MR) is 73.7 cm³/mol. The molecule has 5 nitrogen and oxygen atoms in total. The van der Waals surface area contributed by atoms with Crippen LogP contribution in [0.1, 0.15) is 21.6 Å². The Hall–Kier alpha value is -2.58. The summed E-state index contributed by atoms with van der Waals surface area (Å²) in [5, 5.41) is 9.17. The lowest BCUT2D eigenvalue weighted by molar-refractivity contribution is 0.102. The van der Waals surface area contributed by atoms with Crippen molar-refractivity contribution in [2.75, 3.05) is 11.9 Å². The molecule has 5 heteroatoms. The van der Waals surface area contributed by atoms with Crippen molar-refractivity contribution in [1.29, 1.82) is 0 Å². The predicted octanol–water partition coefficient (Wildman–Crippen LogP) is 1.28. The Balaban J connectivity index is 2.15. The Morgan fingerprint density at radius 3 is 2.95 bits per heavy atom. The van der Waals surface area contributed by atoms with E-state index >= 15 is 0 Å². The highest BCUT2D eigenvalue weighted by molar-refractivity contribution is 6.03. The van der Waals surface area contributed by atoms with Crippen molar-refractivity contribution in [1.82, 2.24) is 10.2 Å². The summed E-state index contributed by atoms with van der Waals surface area (Å²) >= 11 is 0. The summed E-state index contributed by atoms with van der Waals surface area (Å²) in [5.74, 6) is 5.52. The van der Waals surface area contributed by atoms with Gasteiger partial charge in [-0.05, 0) is 36.8 Å².